The number of imide groups is 1. The Kier molecular flexibility index (Phi) is 4.36. The van der Waals surface area contributed by atoms with Crippen LogP contribution in [0.1, 0.15) is 29.0 Å². The van der Waals surface area contributed by atoms with E-state index in [9.17, 15) is 14.4 Å². The summed E-state index contributed by atoms with van der Waals surface area (Å²) in [4.78, 5) is 36.6. The van der Waals surface area contributed by atoms with Crippen LogP contribution in [0.2, 0.25) is 5.02 Å². The maximum absolute atomic E-state index is 12.8. The normalized spacial score (nSPS) is 27.3. The number of hydrazone groups is 1. The number of allylic oxidation sites excluding steroid dienone is 2. The van der Waals surface area contributed by atoms with Gasteiger partial charge >= 0.3 is 5.97 Å². The first-order valence-corrected chi connectivity index (χ1v) is 10.0. The smallest absolute Gasteiger partial charge is 0.337 e. The molecule has 152 valence electrons. The zero-order valence-electron chi connectivity index (χ0n) is 15.7. The summed E-state index contributed by atoms with van der Waals surface area (Å²) in [6.07, 6.45) is 7.34. The number of carbonyl (C=O) groups excluding carboxylic acids is 2. The molecular formula is C22H17ClN2O5. The molecule has 0 unspecified atom stereocenters. The minimum atomic E-state index is -1.11. The number of hydrogen-bond acceptors (Lipinski definition) is 5. The molecule has 4 atom stereocenters. The molecule has 3 aliphatic carbocycles. The summed E-state index contributed by atoms with van der Waals surface area (Å²) in [5.41, 5.74) is 0.608. The van der Waals surface area contributed by atoms with Gasteiger partial charge in [-0.25, -0.2) is 4.79 Å². The molecule has 30 heavy (non-hydrogen) atoms. The van der Waals surface area contributed by atoms with E-state index in [4.69, 9.17) is 21.1 Å². The molecule has 1 aromatic heterocycles. The number of furan rings is 1. The second-order valence-corrected chi connectivity index (χ2v) is 8.18. The predicted molar refractivity (Wildman–Crippen MR) is 108 cm³/mol. The average Bonchev–Trinajstić information content (AvgIpc) is 3.31. The van der Waals surface area contributed by atoms with Crippen molar-refractivity contribution in [1.29, 1.82) is 0 Å². The standard InChI is InChI=1S/C22H17ClN2O5/c23-16-9-13(5-7-15(16)22(28)29)17-8-6-14(30-17)10-24-25-20(26)18-11-1-2-12(4-3-11)19(18)21(25)27/h1-2,5-12,18-19H,3-4H2,(H,28,29)/b24-10-/t11-,12-,18-,19-/m0/s1. The maximum atomic E-state index is 12.8. The summed E-state index contributed by atoms with van der Waals surface area (Å²) >= 11 is 6.01. The van der Waals surface area contributed by atoms with E-state index in [1.54, 1.807) is 18.2 Å². The molecule has 8 heteroatoms. The molecule has 7 nitrogen and oxygen atoms in total. The minimum Gasteiger partial charge on any atom is -0.478 e. The minimum absolute atomic E-state index is 0.00439. The number of amides is 2. The number of carbonyl (C=O) groups is 3. The largest absolute Gasteiger partial charge is 0.478 e. The van der Waals surface area contributed by atoms with Gasteiger partial charge in [-0.1, -0.05) is 29.8 Å². The first kappa shape index (κ1) is 18.8. The molecule has 4 aliphatic rings. The van der Waals surface area contributed by atoms with E-state index in [2.05, 4.69) is 17.3 Å². The fourth-order valence-corrected chi connectivity index (χ4v) is 4.97. The van der Waals surface area contributed by atoms with Crippen molar-refractivity contribution in [2.24, 2.45) is 28.8 Å². The van der Waals surface area contributed by atoms with Gasteiger partial charge in [-0.3, -0.25) is 9.59 Å². The number of benzene rings is 1. The number of rotatable bonds is 4. The van der Waals surface area contributed by atoms with Crippen LogP contribution in [0.3, 0.4) is 0 Å². The fourth-order valence-electron chi connectivity index (χ4n) is 4.71. The van der Waals surface area contributed by atoms with Crippen LogP contribution in [0.5, 0.6) is 0 Å². The molecule has 1 saturated heterocycles. The van der Waals surface area contributed by atoms with Gasteiger partial charge in [-0.05, 0) is 48.9 Å². The molecule has 2 heterocycles. The van der Waals surface area contributed by atoms with Gasteiger partial charge in [0.25, 0.3) is 11.8 Å². The maximum Gasteiger partial charge on any atom is 0.337 e. The van der Waals surface area contributed by atoms with Crippen LogP contribution >= 0.6 is 11.6 Å². The lowest BCUT2D eigenvalue weighted by Crippen LogP contribution is -2.38. The summed E-state index contributed by atoms with van der Waals surface area (Å²) < 4.78 is 5.71. The number of hydrogen-bond donors (Lipinski definition) is 1. The molecule has 0 radical (unpaired) electrons. The fraction of sp³-hybridized carbons (Fsp3) is 0.273. The van der Waals surface area contributed by atoms with Gasteiger partial charge in [0.15, 0.2) is 0 Å². The second-order valence-electron chi connectivity index (χ2n) is 7.78. The van der Waals surface area contributed by atoms with Crippen LogP contribution in [0, 0.1) is 23.7 Å². The van der Waals surface area contributed by atoms with Crippen LogP contribution in [-0.4, -0.2) is 34.1 Å². The monoisotopic (exact) mass is 424 g/mol. The van der Waals surface area contributed by atoms with E-state index in [0.29, 0.717) is 17.1 Å². The summed E-state index contributed by atoms with van der Waals surface area (Å²) in [6, 6.07) is 7.84. The van der Waals surface area contributed by atoms with Gasteiger partial charge in [0.2, 0.25) is 0 Å². The topological polar surface area (TPSA) is 100 Å². The van der Waals surface area contributed by atoms with Crippen molar-refractivity contribution in [3.8, 4) is 11.3 Å². The van der Waals surface area contributed by atoms with Crippen molar-refractivity contribution in [3.63, 3.8) is 0 Å². The van der Waals surface area contributed by atoms with Crippen molar-refractivity contribution < 1.29 is 23.9 Å². The summed E-state index contributed by atoms with van der Waals surface area (Å²) in [5.74, 6) is -1.16. The number of carboxylic acids is 1. The van der Waals surface area contributed by atoms with Crippen molar-refractivity contribution >= 4 is 35.6 Å². The van der Waals surface area contributed by atoms with Crippen LogP contribution < -0.4 is 0 Å². The molecule has 2 aromatic rings. The highest BCUT2D eigenvalue weighted by atomic mass is 35.5. The van der Waals surface area contributed by atoms with Crippen LogP contribution in [0.15, 0.2) is 52.0 Å². The molecule has 1 aliphatic heterocycles. The number of aromatic carboxylic acids is 1. The van der Waals surface area contributed by atoms with E-state index >= 15 is 0 Å². The Morgan fingerprint density at radius 1 is 1.10 bits per heavy atom. The highest BCUT2D eigenvalue weighted by Crippen LogP contribution is 2.49. The molecule has 1 aromatic carbocycles. The molecule has 1 saturated carbocycles. The first-order chi connectivity index (χ1) is 14.4. The SMILES string of the molecule is O=C(O)c1ccc(-c2ccc(/C=N\N3C(=O)[C@@H]4[C@@H](C3=O)[C@H]3C=C[C@H]4CC3)o2)cc1Cl. The molecule has 2 amide bonds. The second kappa shape index (κ2) is 6.95. The predicted octanol–water partition coefficient (Wildman–Crippen LogP) is 3.83. The third-order valence-corrected chi connectivity index (χ3v) is 6.46. The Balaban J connectivity index is 1.36. The number of carboxylic acid groups (broad SMARTS) is 1. The van der Waals surface area contributed by atoms with E-state index < -0.39 is 5.97 Å². The molecule has 6 rings (SSSR count). The Hall–Kier alpha value is -3.19. The first-order valence-electron chi connectivity index (χ1n) is 9.67. The zero-order valence-corrected chi connectivity index (χ0v) is 16.5. The van der Waals surface area contributed by atoms with Gasteiger partial charge in [-0.15, -0.1) is 0 Å². The lowest BCUT2D eigenvalue weighted by molar-refractivity contribution is -0.140. The number of halogens is 1. The molecule has 1 N–H and O–H groups in total. The summed E-state index contributed by atoms with van der Waals surface area (Å²) in [5, 5.41) is 14.3. The highest BCUT2D eigenvalue weighted by molar-refractivity contribution is 6.33. The van der Waals surface area contributed by atoms with Gasteiger partial charge in [-0.2, -0.15) is 10.1 Å². The number of fused-ring (bicyclic) bond motifs is 1. The average molecular weight is 425 g/mol. The van der Waals surface area contributed by atoms with Gasteiger partial charge in [0.1, 0.15) is 11.5 Å². The summed E-state index contributed by atoms with van der Waals surface area (Å²) in [6.45, 7) is 0. The van der Waals surface area contributed by atoms with Crippen molar-refractivity contribution in [1.82, 2.24) is 5.01 Å². The summed E-state index contributed by atoms with van der Waals surface area (Å²) in [7, 11) is 0. The molecule has 2 fully saturated rings. The Morgan fingerprint density at radius 2 is 1.77 bits per heavy atom. The Labute approximate surface area is 176 Å². The van der Waals surface area contributed by atoms with Gasteiger partial charge < -0.3 is 9.52 Å². The zero-order chi connectivity index (χ0) is 21.0. The molecule has 2 bridgehead atoms. The van der Waals surface area contributed by atoms with Crippen molar-refractivity contribution in [3.05, 3.63) is 58.8 Å². The number of nitrogens with zero attached hydrogens (tertiary/aromatic N) is 2. The van der Waals surface area contributed by atoms with Gasteiger partial charge in [0.05, 0.1) is 28.6 Å². The quantitative estimate of drug-likeness (QED) is 0.456. The van der Waals surface area contributed by atoms with Crippen LogP contribution in [-0.2, 0) is 9.59 Å². The van der Waals surface area contributed by atoms with Crippen molar-refractivity contribution in [2.75, 3.05) is 0 Å². The van der Waals surface area contributed by atoms with Crippen LogP contribution in [0.4, 0.5) is 0 Å². The van der Waals surface area contributed by atoms with E-state index in [-0.39, 0.29) is 46.1 Å². The Bertz CT molecular complexity index is 1100. The third kappa shape index (κ3) is 2.89. The van der Waals surface area contributed by atoms with E-state index in [1.807, 2.05) is 0 Å². The van der Waals surface area contributed by atoms with Gasteiger partial charge in [0, 0.05) is 5.56 Å². The highest BCUT2D eigenvalue weighted by Gasteiger charge is 2.56. The lowest BCUT2D eigenvalue weighted by atomic mass is 9.63. The molecular weight excluding hydrogens is 408 g/mol. The third-order valence-electron chi connectivity index (χ3n) is 6.15. The van der Waals surface area contributed by atoms with E-state index in [1.165, 1.54) is 18.3 Å². The van der Waals surface area contributed by atoms with Crippen molar-refractivity contribution in [2.45, 2.75) is 12.8 Å². The van der Waals surface area contributed by atoms with Crippen LogP contribution in [0.25, 0.3) is 11.3 Å². The Morgan fingerprint density at radius 3 is 2.33 bits per heavy atom. The lowest BCUT2D eigenvalue weighted by Gasteiger charge is -2.37. The van der Waals surface area contributed by atoms with E-state index in [0.717, 1.165) is 17.9 Å². The molecule has 0 spiro atoms.